The molecule has 1 aliphatic heterocycles. The number of nitrogens with one attached hydrogen (secondary N) is 1. The van der Waals surface area contributed by atoms with E-state index in [-0.39, 0.29) is 11.8 Å². The highest BCUT2D eigenvalue weighted by Crippen LogP contribution is 2.38. The summed E-state index contributed by atoms with van der Waals surface area (Å²) in [5.41, 5.74) is 2.92. The summed E-state index contributed by atoms with van der Waals surface area (Å²) in [5, 5.41) is 8.10. The molecule has 5 nitrogen and oxygen atoms in total. The van der Waals surface area contributed by atoms with Crippen LogP contribution in [0.1, 0.15) is 30.4 Å². The third-order valence-electron chi connectivity index (χ3n) is 4.48. The number of aromatic nitrogens is 2. The van der Waals surface area contributed by atoms with Gasteiger partial charge in [-0.25, -0.2) is 4.68 Å². The molecule has 1 aliphatic rings. The molecule has 3 aromatic rings. The van der Waals surface area contributed by atoms with Crippen LogP contribution in [0.4, 0.5) is 5.82 Å². The number of anilines is 1. The lowest BCUT2D eigenvalue weighted by Crippen LogP contribution is -2.24. The molecule has 26 heavy (non-hydrogen) atoms. The summed E-state index contributed by atoms with van der Waals surface area (Å²) < 4.78 is 7.24. The number of hydrogen-bond donors (Lipinski definition) is 1. The predicted molar refractivity (Wildman–Crippen MR) is 101 cm³/mol. The number of halogens is 1. The van der Waals surface area contributed by atoms with E-state index in [9.17, 15) is 4.79 Å². The Morgan fingerprint density at radius 1 is 1.19 bits per heavy atom. The highest BCUT2D eigenvalue weighted by molar-refractivity contribution is 6.30. The zero-order chi connectivity index (χ0) is 18.1. The van der Waals surface area contributed by atoms with Crippen LogP contribution in [0.15, 0.2) is 54.7 Å². The van der Waals surface area contributed by atoms with Gasteiger partial charge in [0.05, 0.1) is 18.5 Å². The Morgan fingerprint density at radius 2 is 1.92 bits per heavy atom. The van der Waals surface area contributed by atoms with Crippen LogP contribution in [0.2, 0.25) is 5.02 Å². The summed E-state index contributed by atoms with van der Waals surface area (Å²) >= 11 is 5.97. The lowest BCUT2D eigenvalue weighted by atomic mass is 9.87. The molecule has 2 heterocycles. The minimum Gasteiger partial charge on any atom is -0.494 e. The summed E-state index contributed by atoms with van der Waals surface area (Å²) in [6.45, 7) is 2.58. The topological polar surface area (TPSA) is 56.1 Å². The number of carbonyl (C=O) groups is 1. The first-order valence-corrected chi connectivity index (χ1v) is 8.90. The van der Waals surface area contributed by atoms with Crippen molar-refractivity contribution in [3.05, 3.63) is 70.9 Å². The molecule has 0 unspecified atom stereocenters. The molecule has 1 N–H and O–H groups in total. The van der Waals surface area contributed by atoms with E-state index in [1.165, 1.54) is 0 Å². The Morgan fingerprint density at radius 3 is 2.62 bits per heavy atom. The summed E-state index contributed by atoms with van der Waals surface area (Å²) in [6, 6.07) is 15.3. The molecule has 0 bridgehead atoms. The van der Waals surface area contributed by atoms with Gasteiger partial charge in [0.25, 0.3) is 0 Å². The SMILES string of the molecule is CCOc1ccc([C@@H]2CC(=O)Nc3c2cnn3-c2ccc(Cl)cc2)cc1. The third-order valence-corrected chi connectivity index (χ3v) is 4.74. The average Bonchev–Trinajstić information content (AvgIpc) is 3.06. The predicted octanol–water partition coefficient (Wildman–Crippen LogP) is 4.40. The highest BCUT2D eigenvalue weighted by atomic mass is 35.5. The molecule has 132 valence electrons. The molecule has 0 radical (unpaired) electrons. The molecule has 1 atom stereocenters. The van der Waals surface area contributed by atoms with Crippen molar-refractivity contribution in [1.82, 2.24) is 9.78 Å². The quantitative estimate of drug-likeness (QED) is 0.743. The van der Waals surface area contributed by atoms with Gasteiger partial charge in [0, 0.05) is 22.9 Å². The number of hydrogen-bond acceptors (Lipinski definition) is 3. The lowest BCUT2D eigenvalue weighted by Gasteiger charge is -2.24. The van der Waals surface area contributed by atoms with Crippen LogP contribution in [-0.4, -0.2) is 22.3 Å². The van der Waals surface area contributed by atoms with E-state index in [2.05, 4.69) is 10.4 Å². The lowest BCUT2D eigenvalue weighted by molar-refractivity contribution is -0.116. The fourth-order valence-electron chi connectivity index (χ4n) is 3.26. The first-order chi connectivity index (χ1) is 12.7. The van der Waals surface area contributed by atoms with Gasteiger partial charge in [0.2, 0.25) is 5.91 Å². The van der Waals surface area contributed by atoms with Crippen LogP contribution in [0.3, 0.4) is 0 Å². The maximum absolute atomic E-state index is 12.3. The number of benzene rings is 2. The van der Waals surface area contributed by atoms with Gasteiger partial charge in [-0.3, -0.25) is 4.79 Å². The second-order valence-corrected chi connectivity index (χ2v) is 6.58. The van der Waals surface area contributed by atoms with E-state index in [4.69, 9.17) is 16.3 Å². The smallest absolute Gasteiger partial charge is 0.226 e. The minimum absolute atomic E-state index is 0.0212. The number of carbonyl (C=O) groups excluding carboxylic acids is 1. The van der Waals surface area contributed by atoms with Gasteiger partial charge in [-0.05, 0) is 48.9 Å². The van der Waals surface area contributed by atoms with E-state index in [0.29, 0.717) is 23.9 Å². The summed E-state index contributed by atoms with van der Waals surface area (Å²) in [6.07, 6.45) is 2.22. The van der Waals surface area contributed by atoms with Crippen LogP contribution in [-0.2, 0) is 4.79 Å². The maximum atomic E-state index is 12.3. The van der Waals surface area contributed by atoms with Gasteiger partial charge >= 0.3 is 0 Å². The summed E-state index contributed by atoms with van der Waals surface area (Å²) in [4.78, 5) is 12.3. The van der Waals surface area contributed by atoms with Gasteiger partial charge in [-0.2, -0.15) is 5.10 Å². The van der Waals surface area contributed by atoms with Crippen molar-refractivity contribution >= 4 is 23.3 Å². The Labute approximate surface area is 156 Å². The Bertz CT molecular complexity index is 933. The molecule has 1 amide bonds. The highest BCUT2D eigenvalue weighted by Gasteiger charge is 2.30. The van der Waals surface area contributed by atoms with E-state index in [1.807, 2.05) is 49.5 Å². The first-order valence-electron chi connectivity index (χ1n) is 8.52. The molecule has 2 aromatic carbocycles. The second-order valence-electron chi connectivity index (χ2n) is 6.14. The molecular formula is C20H18ClN3O2. The maximum Gasteiger partial charge on any atom is 0.226 e. The fraction of sp³-hybridized carbons (Fsp3) is 0.200. The van der Waals surface area contributed by atoms with Crippen molar-refractivity contribution in [2.75, 3.05) is 11.9 Å². The normalized spacial score (nSPS) is 16.1. The van der Waals surface area contributed by atoms with Crippen LogP contribution in [0, 0.1) is 0 Å². The molecule has 0 fully saturated rings. The van der Waals surface area contributed by atoms with Gasteiger partial charge in [-0.1, -0.05) is 23.7 Å². The monoisotopic (exact) mass is 367 g/mol. The largest absolute Gasteiger partial charge is 0.494 e. The summed E-state index contributed by atoms with van der Waals surface area (Å²) in [7, 11) is 0. The average molecular weight is 368 g/mol. The first kappa shape index (κ1) is 16.7. The number of ether oxygens (including phenoxy) is 1. The molecule has 0 spiro atoms. The van der Waals surface area contributed by atoms with Crippen molar-refractivity contribution in [2.24, 2.45) is 0 Å². The Kier molecular flexibility index (Phi) is 4.39. The number of fused-ring (bicyclic) bond motifs is 1. The van der Waals surface area contributed by atoms with Gasteiger partial charge in [0.15, 0.2) is 0 Å². The number of amides is 1. The van der Waals surface area contributed by atoms with Crippen molar-refractivity contribution in [3.63, 3.8) is 0 Å². The van der Waals surface area contributed by atoms with E-state index >= 15 is 0 Å². The standard InChI is InChI=1S/C20H18ClN3O2/c1-2-26-16-9-3-13(4-10-16)17-11-19(25)23-20-18(17)12-22-24(20)15-7-5-14(21)6-8-15/h3-10,12,17H,2,11H2,1H3,(H,23,25)/t17-/m0/s1. The number of rotatable bonds is 4. The molecular weight excluding hydrogens is 350 g/mol. The van der Waals surface area contributed by atoms with Gasteiger partial charge in [0.1, 0.15) is 11.6 Å². The van der Waals surface area contributed by atoms with E-state index in [1.54, 1.807) is 16.8 Å². The van der Waals surface area contributed by atoms with E-state index in [0.717, 1.165) is 22.6 Å². The molecule has 0 aliphatic carbocycles. The molecule has 0 saturated heterocycles. The fourth-order valence-corrected chi connectivity index (χ4v) is 3.38. The minimum atomic E-state index is -0.0320. The van der Waals surface area contributed by atoms with Gasteiger partial charge in [-0.15, -0.1) is 0 Å². The molecule has 4 rings (SSSR count). The van der Waals surface area contributed by atoms with Crippen LogP contribution in [0.25, 0.3) is 5.69 Å². The zero-order valence-corrected chi connectivity index (χ0v) is 15.0. The summed E-state index contributed by atoms with van der Waals surface area (Å²) in [5.74, 6) is 1.48. The van der Waals surface area contributed by atoms with Crippen molar-refractivity contribution in [2.45, 2.75) is 19.3 Å². The zero-order valence-electron chi connectivity index (χ0n) is 14.3. The van der Waals surface area contributed by atoms with Crippen LogP contribution < -0.4 is 10.1 Å². The van der Waals surface area contributed by atoms with Crippen molar-refractivity contribution in [3.8, 4) is 11.4 Å². The van der Waals surface area contributed by atoms with Crippen molar-refractivity contribution < 1.29 is 9.53 Å². The molecule has 0 saturated carbocycles. The van der Waals surface area contributed by atoms with Crippen LogP contribution in [0.5, 0.6) is 5.75 Å². The van der Waals surface area contributed by atoms with E-state index < -0.39 is 0 Å². The van der Waals surface area contributed by atoms with Crippen molar-refractivity contribution in [1.29, 1.82) is 0 Å². The molecule has 6 heteroatoms. The second kappa shape index (κ2) is 6.84. The molecule has 1 aromatic heterocycles. The number of nitrogens with zero attached hydrogens (tertiary/aromatic N) is 2. The Hall–Kier alpha value is -2.79. The third kappa shape index (κ3) is 3.06. The Balaban J connectivity index is 1.72. The van der Waals surface area contributed by atoms with Gasteiger partial charge < -0.3 is 10.1 Å². The van der Waals surface area contributed by atoms with Crippen LogP contribution >= 0.6 is 11.6 Å².